The third-order valence-corrected chi connectivity index (χ3v) is 3.33. The average Bonchev–Trinajstić information content (AvgIpc) is 2.27. The van der Waals surface area contributed by atoms with Crippen molar-refractivity contribution in [1.82, 2.24) is 0 Å². The molecule has 3 heteroatoms. The zero-order chi connectivity index (χ0) is 12.0. The number of nitrogens with two attached hydrogens (primary N) is 1. The smallest absolute Gasteiger partial charge is 0.0876 e. The highest BCUT2D eigenvalue weighted by molar-refractivity contribution is 4.97. The van der Waals surface area contributed by atoms with Gasteiger partial charge in [0, 0.05) is 38.7 Å². The van der Waals surface area contributed by atoms with Gasteiger partial charge in [-0.3, -0.25) is 0 Å². The Kier molecular flexibility index (Phi) is 5.46. The molecule has 0 aromatic heterocycles. The fourth-order valence-corrected chi connectivity index (χ4v) is 2.29. The topological polar surface area (TPSA) is 44.5 Å². The fourth-order valence-electron chi connectivity index (χ4n) is 2.29. The van der Waals surface area contributed by atoms with Crippen LogP contribution in [0.3, 0.4) is 0 Å². The van der Waals surface area contributed by atoms with Gasteiger partial charge in [-0.05, 0) is 26.7 Å². The molecule has 1 unspecified atom stereocenters. The van der Waals surface area contributed by atoms with Gasteiger partial charge in [0.15, 0.2) is 0 Å². The summed E-state index contributed by atoms with van der Waals surface area (Å²) in [4.78, 5) is 0. The Balaban J connectivity index is 2.56. The lowest BCUT2D eigenvalue weighted by atomic mass is 9.83. The molecule has 1 fully saturated rings. The zero-order valence-corrected chi connectivity index (χ0v) is 10.6. The third kappa shape index (κ3) is 3.58. The van der Waals surface area contributed by atoms with Crippen LogP contribution >= 0.6 is 0 Å². The molecule has 1 saturated heterocycles. The van der Waals surface area contributed by atoms with Gasteiger partial charge in [0.25, 0.3) is 0 Å². The summed E-state index contributed by atoms with van der Waals surface area (Å²) in [5.74, 6) is 0. The minimum absolute atomic E-state index is 0.0908. The van der Waals surface area contributed by atoms with Crippen molar-refractivity contribution in [3.05, 3.63) is 12.2 Å². The van der Waals surface area contributed by atoms with Crippen LogP contribution in [0, 0.1) is 0 Å². The first-order chi connectivity index (χ1) is 7.60. The zero-order valence-electron chi connectivity index (χ0n) is 10.6. The molecule has 0 aliphatic carbocycles. The van der Waals surface area contributed by atoms with Crippen molar-refractivity contribution < 1.29 is 9.47 Å². The highest BCUT2D eigenvalue weighted by Gasteiger charge is 2.38. The van der Waals surface area contributed by atoms with E-state index in [0.29, 0.717) is 0 Å². The molecular weight excluding hydrogens is 202 g/mol. The number of ether oxygens (including phenoxy) is 2. The van der Waals surface area contributed by atoms with Gasteiger partial charge >= 0.3 is 0 Å². The molecule has 1 rings (SSSR count). The van der Waals surface area contributed by atoms with E-state index in [0.717, 1.165) is 45.5 Å². The number of allylic oxidation sites excluding steroid dienone is 1. The maximum Gasteiger partial charge on any atom is 0.0876 e. The molecule has 0 radical (unpaired) electrons. The SMILES string of the molecule is C=C(C)CCC(N)C1(OCC)CCOCC1. The summed E-state index contributed by atoms with van der Waals surface area (Å²) in [5.41, 5.74) is 7.32. The van der Waals surface area contributed by atoms with Crippen LogP contribution in [0.4, 0.5) is 0 Å². The van der Waals surface area contributed by atoms with E-state index in [-0.39, 0.29) is 11.6 Å². The number of hydrogen-bond acceptors (Lipinski definition) is 3. The van der Waals surface area contributed by atoms with Gasteiger partial charge in [0.1, 0.15) is 0 Å². The van der Waals surface area contributed by atoms with Crippen molar-refractivity contribution in [2.45, 2.75) is 51.2 Å². The maximum atomic E-state index is 6.30. The van der Waals surface area contributed by atoms with Crippen molar-refractivity contribution in [1.29, 1.82) is 0 Å². The molecule has 0 amide bonds. The van der Waals surface area contributed by atoms with E-state index < -0.39 is 0 Å². The molecule has 1 atom stereocenters. The van der Waals surface area contributed by atoms with E-state index in [1.165, 1.54) is 5.57 Å². The second kappa shape index (κ2) is 6.38. The van der Waals surface area contributed by atoms with Crippen LogP contribution in [-0.4, -0.2) is 31.5 Å². The first kappa shape index (κ1) is 13.7. The van der Waals surface area contributed by atoms with Crippen molar-refractivity contribution >= 4 is 0 Å². The highest BCUT2D eigenvalue weighted by Crippen LogP contribution is 2.30. The van der Waals surface area contributed by atoms with Gasteiger partial charge in [0.05, 0.1) is 5.60 Å². The van der Waals surface area contributed by atoms with E-state index in [1.54, 1.807) is 0 Å². The Labute approximate surface area is 99.0 Å². The van der Waals surface area contributed by atoms with Gasteiger partial charge in [-0.1, -0.05) is 5.57 Å². The van der Waals surface area contributed by atoms with Gasteiger partial charge in [-0.15, -0.1) is 6.58 Å². The molecule has 0 aromatic rings. The lowest BCUT2D eigenvalue weighted by Crippen LogP contribution is -2.53. The van der Waals surface area contributed by atoms with Crippen LogP contribution in [0.25, 0.3) is 0 Å². The average molecular weight is 227 g/mol. The molecule has 0 bridgehead atoms. The first-order valence-corrected chi connectivity index (χ1v) is 6.22. The summed E-state index contributed by atoms with van der Waals surface area (Å²) in [7, 11) is 0. The van der Waals surface area contributed by atoms with E-state index in [9.17, 15) is 0 Å². The summed E-state index contributed by atoms with van der Waals surface area (Å²) in [6, 6.07) is 0.0908. The van der Waals surface area contributed by atoms with Crippen LogP contribution in [0.2, 0.25) is 0 Å². The normalized spacial score (nSPS) is 21.7. The van der Waals surface area contributed by atoms with Crippen LogP contribution in [0.5, 0.6) is 0 Å². The summed E-state index contributed by atoms with van der Waals surface area (Å²) in [5, 5.41) is 0. The monoisotopic (exact) mass is 227 g/mol. The maximum absolute atomic E-state index is 6.30. The van der Waals surface area contributed by atoms with Gasteiger partial charge in [-0.25, -0.2) is 0 Å². The van der Waals surface area contributed by atoms with E-state index in [1.807, 2.05) is 13.8 Å². The van der Waals surface area contributed by atoms with Crippen molar-refractivity contribution in [2.75, 3.05) is 19.8 Å². The lowest BCUT2D eigenvalue weighted by molar-refractivity contribution is -0.121. The van der Waals surface area contributed by atoms with Gasteiger partial charge in [0.2, 0.25) is 0 Å². The lowest BCUT2D eigenvalue weighted by Gasteiger charge is -2.41. The van der Waals surface area contributed by atoms with Crippen LogP contribution in [0.1, 0.15) is 39.5 Å². The summed E-state index contributed by atoms with van der Waals surface area (Å²) < 4.78 is 11.3. The molecule has 16 heavy (non-hydrogen) atoms. The quantitative estimate of drug-likeness (QED) is 0.708. The van der Waals surface area contributed by atoms with Crippen molar-refractivity contribution in [3.63, 3.8) is 0 Å². The number of hydrogen-bond donors (Lipinski definition) is 1. The van der Waals surface area contributed by atoms with Crippen LogP contribution in [0.15, 0.2) is 12.2 Å². The Morgan fingerprint density at radius 2 is 2.12 bits per heavy atom. The third-order valence-electron chi connectivity index (χ3n) is 3.33. The predicted octanol–water partition coefficient (Wildman–Crippen LogP) is 2.26. The number of rotatable bonds is 6. The van der Waals surface area contributed by atoms with Gasteiger partial charge < -0.3 is 15.2 Å². The standard InChI is InChI=1S/C13H25NO2/c1-4-16-13(7-9-15-10-8-13)12(14)6-5-11(2)3/h12H,2,4-10,14H2,1,3H3. The van der Waals surface area contributed by atoms with Crippen LogP contribution < -0.4 is 5.73 Å². The van der Waals surface area contributed by atoms with Gasteiger partial charge in [-0.2, -0.15) is 0 Å². The summed E-state index contributed by atoms with van der Waals surface area (Å²) in [6.07, 6.45) is 3.77. The second-order valence-electron chi connectivity index (χ2n) is 4.71. The predicted molar refractivity (Wildman–Crippen MR) is 66.4 cm³/mol. The molecule has 3 nitrogen and oxygen atoms in total. The molecular formula is C13H25NO2. The van der Waals surface area contributed by atoms with E-state index in [4.69, 9.17) is 15.2 Å². The summed E-state index contributed by atoms with van der Waals surface area (Å²) in [6.45, 7) is 10.2. The minimum Gasteiger partial charge on any atom is -0.381 e. The molecule has 0 saturated carbocycles. The second-order valence-corrected chi connectivity index (χ2v) is 4.71. The van der Waals surface area contributed by atoms with E-state index in [2.05, 4.69) is 6.58 Å². The van der Waals surface area contributed by atoms with Crippen molar-refractivity contribution in [2.24, 2.45) is 5.73 Å². The molecule has 1 aliphatic rings. The molecule has 94 valence electrons. The van der Waals surface area contributed by atoms with Crippen LogP contribution in [-0.2, 0) is 9.47 Å². The van der Waals surface area contributed by atoms with Crippen molar-refractivity contribution in [3.8, 4) is 0 Å². The Hall–Kier alpha value is -0.380. The van der Waals surface area contributed by atoms with E-state index >= 15 is 0 Å². The fraction of sp³-hybridized carbons (Fsp3) is 0.846. The molecule has 0 aromatic carbocycles. The molecule has 0 spiro atoms. The Morgan fingerprint density at radius 3 is 2.62 bits per heavy atom. The largest absolute Gasteiger partial charge is 0.381 e. The molecule has 1 aliphatic heterocycles. The Morgan fingerprint density at radius 1 is 1.50 bits per heavy atom. The first-order valence-electron chi connectivity index (χ1n) is 6.22. The highest BCUT2D eigenvalue weighted by atomic mass is 16.5. The minimum atomic E-state index is -0.164. The summed E-state index contributed by atoms with van der Waals surface area (Å²) >= 11 is 0. The molecule has 2 N–H and O–H groups in total. The Bertz CT molecular complexity index is 216. The molecule has 1 heterocycles.